The zero-order valence-electron chi connectivity index (χ0n) is 13.1. The highest BCUT2D eigenvalue weighted by atomic mass is 79.9. The van der Waals surface area contributed by atoms with E-state index in [-0.39, 0.29) is 6.54 Å². The van der Waals surface area contributed by atoms with Crippen LogP contribution in [0.3, 0.4) is 0 Å². The quantitative estimate of drug-likeness (QED) is 0.710. The van der Waals surface area contributed by atoms with E-state index in [2.05, 4.69) is 26.6 Å². The zero-order valence-corrected chi connectivity index (χ0v) is 14.7. The summed E-state index contributed by atoms with van der Waals surface area (Å²) in [5, 5.41) is 5.29. The Hall–Kier alpha value is -2.02. The Morgan fingerprint density at radius 1 is 1.12 bits per heavy atom. The predicted octanol–water partition coefficient (Wildman–Crippen LogP) is 5.41. The minimum atomic E-state index is -4.40. The molecule has 2 amide bonds. The molecule has 128 valence electrons. The number of benzene rings is 2. The Bertz CT molecular complexity index is 737. The van der Waals surface area contributed by atoms with Crippen LogP contribution in [0.5, 0.6) is 0 Å². The SMILES string of the molecule is Cc1cc(Br)cc(C)c1NC(=O)NCc1cccc(C(F)(F)F)c1. The number of halogens is 4. The number of rotatable bonds is 3. The first-order valence-electron chi connectivity index (χ1n) is 7.14. The van der Waals surface area contributed by atoms with Gasteiger partial charge < -0.3 is 10.6 Å². The Morgan fingerprint density at radius 2 is 1.75 bits per heavy atom. The number of anilines is 1. The molecule has 7 heteroatoms. The summed E-state index contributed by atoms with van der Waals surface area (Å²) < 4.78 is 38.9. The van der Waals surface area contributed by atoms with Crippen molar-refractivity contribution in [2.45, 2.75) is 26.6 Å². The van der Waals surface area contributed by atoms with Crippen LogP contribution in [0.2, 0.25) is 0 Å². The number of carbonyl (C=O) groups excluding carboxylic acids is 1. The number of alkyl halides is 3. The summed E-state index contributed by atoms with van der Waals surface area (Å²) in [4.78, 5) is 12.0. The van der Waals surface area contributed by atoms with Crippen molar-refractivity contribution in [1.82, 2.24) is 5.32 Å². The van der Waals surface area contributed by atoms with Gasteiger partial charge in [-0.25, -0.2) is 4.79 Å². The van der Waals surface area contributed by atoms with Crippen molar-refractivity contribution in [3.05, 3.63) is 63.1 Å². The fourth-order valence-corrected chi connectivity index (χ4v) is 2.99. The van der Waals surface area contributed by atoms with Gasteiger partial charge in [-0.3, -0.25) is 0 Å². The summed E-state index contributed by atoms with van der Waals surface area (Å²) in [5.41, 5.74) is 2.10. The number of amides is 2. The van der Waals surface area contributed by atoms with Crippen molar-refractivity contribution in [2.24, 2.45) is 0 Å². The Morgan fingerprint density at radius 3 is 2.33 bits per heavy atom. The zero-order chi connectivity index (χ0) is 17.9. The average molecular weight is 401 g/mol. The van der Waals surface area contributed by atoms with Crippen molar-refractivity contribution in [1.29, 1.82) is 0 Å². The third kappa shape index (κ3) is 4.74. The molecule has 0 aliphatic heterocycles. The Balaban J connectivity index is 2.02. The van der Waals surface area contributed by atoms with Gasteiger partial charge in [-0.2, -0.15) is 13.2 Å². The maximum absolute atomic E-state index is 12.7. The molecule has 0 bridgehead atoms. The van der Waals surface area contributed by atoms with Crippen molar-refractivity contribution >= 4 is 27.6 Å². The topological polar surface area (TPSA) is 41.1 Å². The molecule has 0 aliphatic rings. The minimum absolute atomic E-state index is 0.00434. The highest BCUT2D eigenvalue weighted by molar-refractivity contribution is 9.10. The molecule has 0 spiro atoms. The molecule has 0 saturated carbocycles. The van der Waals surface area contributed by atoms with E-state index >= 15 is 0 Å². The van der Waals surface area contributed by atoms with Crippen LogP contribution in [-0.4, -0.2) is 6.03 Å². The van der Waals surface area contributed by atoms with Crippen LogP contribution < -0.4 is 10.6 Å². The third-order valence-electron chi connectivity index (χ3n) is 3.44. The first-order chi connectivity index (χ1) is 11.2. The highest BCUT2D eigenvalue weighted by Crippen LogP contribution is 2.29. The van der Waals surface area contributed by atoms with Gasteiger partial charge in [-0.15, -0.1) is 0 Å². The molecular weight excluding hydrogens is 385 g/mol. The Kier molecular flexibility index (Phi) is 5.54. The van der Waals surface area contributed by atoms with Gasteiger partial charge in [0.15, 0.2) is 0 Å². The van der Waals surface area contributed by atoms with Gasteiger partial charge in [-0.1, -0.05) is 28.1 Å². The molecule has 0 unspecified atom stereocenters. The van der Waals surface area contributed by atoms with E-state index in [0.717, 1.165) is 27.7 Å². The number of nitrogens with one attached hydrogen (secondary N) is 2. The lowest BCUT2D eigenvalue weighted by Crippen LogP contribution is -2.29. The number of carbonyl (C=O) groups is 1. The van der Waals surface area contributed by atoms with Gasteiger partial charge in [0, 0.05) is 16.7 Å². The molecule has 0 aromatic heterocycles. The fraction of sp³-hybridized carbons (Fsp3) is 0.235. The average Bonchev–Trinajstić information content (AvgIpc) is 2.48. The van der Waals surface area contributed by atoms with E-state index in [1.807, 2.05) is 26.0 Å². The molecule has 2 N–H and O–H groups in total. The monoisotopic (exact) mass is 400 g/mol. The molecule has 2 rings (SSSR count). The van der Waals surface area contributed by atoms with Gasteiger partial charge in [-0.05, 0) is 54.8 Å². The summed E-state index contributed by atoms with van der Waals surface area (Å²) in [6.07, 6.45) is -4.40. The number of hydrogen-bond donors (Lipinski definition) is 2. The molecule has 2 aromatic carbocycles. The van der Waals surface area contributed by atoms with Gasteiger partial charge in [0.1, 0.15) is 0 Å². The second-order valence-corrected chi connectivity index (χ2v) is 6.34. The van der Waals surface area contributed by atoms with E-state index in [9.17, 15) is 18.0 Å². The minimum Gasteiger partial charge on any atom is -0.334 e. The number of hydrogen-bond acceptors (Lipinski definition) is 1. The Labute approximate surface area is 146 Å². The van der Waals surface area contributed by atoms with Crippen molar-refractivity contribution < 1.29 is 18.0 Å². The van der Waals surface area contributed by atoms with Gasteiger partial charge in [0.25, 0.3) is 0 Å². The van der Waals surface area contributed by atoms with Gasteiger partial charge >= 0.3 is 12.2 Å². The second-order valence-electron chi connectivity index (χ2n) is 5.42. The molecule has 0 atom stereocenters. The van der Waals surface area contributed by atoms with Crippen LogP contribution in [0.1, 0.15) is 22.3 Å². The second kappa shape index (κ2) is 7.25. The fourth-order valence-electron chi connectivity index (χ4n) is 2.31. The molecule has 24 heavy (non-hydrogen) atoms. The molecule has 0 aliphatic carbocycles. The predicted molar refractivity (Wildman–Crippen MR) is 90.9 cm³/mol. The van der Waals surface area contributed by atoms with E-state index in [1.165, 1.54) is 12.1 Å². The number of aryl methyl sites for hydroxylation is 2. The summed E-state index contributed by atoms with van der Waals surface area (Å²) in [5.74, 6) is 0. The van der Waals surface area contributed by atoms with Crippen molar-refractivity contribution in [2.75, 3.05) is 5.32 Å². The molecule has 0 fully saturated rings. The lowest BCUT2D eigenvalue weighted by Gasteiger charge is -2.14. The standard InChI is InChI=1S/C17H16BrF3N2O/c1-10-6-14(18)7-11(2)15(10)23-16(24)22-9-12-4-3-5-13(8-12)17(19,20)21/h3-8H,9H2,1-2H3,(H2,22,23,24). The van der Waals surface area contributed by atoms with Gasteiger partial charge in [0.05, 0.1) is 5.56 Å². The third-order valence-corrected chi connectivity index (χ3v) is 3.90. The highest BCUT2D eigenvalue weighted by Gasteiger charge is 2.30. The first-order valence-corrected chi connectivity index (χ1v) is 7.94. The van der Waals surface area contributed by atoms with Crippen molar-refractivity contribution in [3.63, 3.8) is 0 Å². The van der Waals surface area contributed by atoms with Crippen LogP contribution in [0, 0.1) is 13.8 Å². The van der Waals surface area contributed by atoms with Crippen LogP contribution in [0.4, 0.5) is 23.7 Å². The molecule has 2 aromatic rings. The molecule has 0 saturated heterocycles. The maximum Gasteiger partial charge on any atom is 0.416 e. The lowest BCUT2D eigenvalue weighted by atomic mass is 10.1. The van der Waals surface area contributed by atoms with E-state index in [0.29, 0.717) is 11.3 Å². The van der Waals surface area contributed by atoms with Crippen LogP contribution in [0.25, 0.3) is 0 Å². The normalized spacial score (nSPS) is 11.2. The van der Waals surface area contributed by atoms with Crippen LogP contribution >= 0.6 is 15.9 Å². The largest absolute Gasteiger partial charge is 0.416 e. The van der Waals surface area contributed by atoms with E-state index in [1.54, 1.807) is 0 Å². The lowest BCUT2D eigenvalue weighted by molar-refractivity contribution is -0.137. The molecule has 0 heterocycles. The number of urea groups is 1. The molecular formula is C17H16BrF3N2O. The van der Waals surface area contributed by atoms with Crippen LogP contribution in [0.15, 0.2) is 40.9 Å². The van der Waals surface area contributed by atoms with Crippen LogP contribution in [-0.2, 0) is 12.7 Å². The summed E-state index contributed by atoms with van der Waals surface area (Å²) >= 11 is 3.38. The molecule has 3 nitrogen and oxygen atoms in total. The molecule has 0 radical (unpaired) electrons. The van der Waals surface area contributed by atoms with Gasteiger partial charge in [0.2, 0.25) is 0 Å². The smallest absolute Gasteiger partial charge is 0.334 e. The van der Waals surface area contributed by atoms with E-state index in [4.69, 9.17) is 0 Å². The van der Waals surface area contributed by atoms with Crippen molar-refractivity contribution in [3.8, 4) is 0 Å². The summed E-state index contributed by atoms with van der Waals surface area (Å²) in [7, 11) is 0. The van der Waals surface area contributed by atoms with E-state index < -0.39 is 17.8 Å². The first kappa shape index (κ1) is 18.3. The summed E-state index contributed by atoms with van der Waals surface area (Å²) in [6, 6.07) is 8.15. The summed E-state index contributed by atoms with van der Waals surface area (Å²) in [6.45, 7) is 3.73. The maximum atomic E-state index is 12.7.